The van der Waals surface area contributed by atoms with Crippen LogP contribution in [-0.2, 0) is 10.0 Å². The zero-order valence-corrected chi connectivity index (χ0v) is 14.8. The van der Waals surface area contributed by atoms with Gasteiger partial charge < -0.3 is 5.73 Å². The Bertz CT molecular complexity index is 556. The van der Waals surface area contributed by atoms with Crippen molar-refractivity contribution in [1.82, 2.24) is 4.31 Å². The van der Waals surface area contributed by atoms with Crippen LogP contribution >= 0.6 is 24.2 Å². The highest BCUT2D eigenvalue weighted by molar-refractivity contribution is 7.98. The number of nitrogens with two attached hydrogens (primary N) is 1. The van der Waals surface area contributed by atoms with Gasteiger partial charge in [0.1, 0.15) is 0 Å². The highest BCUT2D eigenvalue weighted by Crippen LogP contribution is 2.26. The Labute approximate surface area is 137 Å². The van der Waals surface area contributed by atoms with Crippen molar-refractivity contribution in [2.24, 2.45) is 11.7 Å². The Morgan fingerprint density at radius 1 is 1.33 bits per heavy atom. The molecule has 0 spiro atoms. The van der Waals surface area contributed by atoms with E-state index < -0.39 is 10.0 Å². The molecular weight excluding hydrogens is 328 g/mol. The molecule has 0 aromatic heterocycles. The van der Waals surface area contributed by atoms with E-state index in [0.29, 0.717) is 23.9 Å². The number of halogens is 1. The number of rotatable bonds is 4. The summed E-state index contributed by atoms with van der Waals surface area (Å²) in [6, 6.07) is 7.28. The minimum absolute atomic E-state index is 0. The van der Waals surface area contributed by atoms with E-state index in [2.05, 4.69) is 0 Å². The zero-order chi connectivity index (χ0) is 14.8. The molecule has 1 heterocycles. The van der Waals surface area contributed by atoms with Gasteiger partial charge in [-0.05, 0) is 50.1 Å². The Morgan fingerprint density at radius 2 is 1.95 bits per heavy atom. The smallest absolute Gasteiger partial charge is 0.243 e. The van der Waals surface area contributed by atoms with Gasteiger partial charge in [0, 0.05) is 24.0 Å². The molecule has 2 rings (SSSR count). The van der Waals surface area contributed by atoms with Gasteiger partial charge in [0.05, 0.1) is 4.90 Å². The largest absolute Gasteiger partial charge is 0.328 e. The van der Waals surface area contributed by atoms with Gasteiger partial charge >= 0.3 is 0 Å². The van der Waals surface area contributed by atoms with Gasteiger partial charge in [0.25, 0.3) is 0 Å². The molecule has 0 bridgehead atoms. The summed E-state index contributed by atoms with van der Waals surface area (Å²) < 4.78 is 26.8. The molecule has 1 fully saturated rings. The highest BCUT2D eigenvalue weighted by atomic mass is 35.5. The quantitative estimate of drug-likeness (QED) is 0.848. The van der Waals surface area contributed by atoms with E-state index in [1.807, 2.05) is 19.2 Å². The molecule has 0 radical (unpaired) electrons. The van der Waals surface area contributed by atoms with Crippen molar-refractivity contribution in [3.63, 3.8) is 0 Å². The van der Waals surface area contributed by atoms with E-state index in [4.69, 9.17) is 5.73 Å². The van der Waals surface area contributed by atoms with Crippen LogP contribution in [0.25, 0.3) is 0 Å². The summed E-state index contributed by atoms with van der Waals surface area (Å²) in [5.74, 6) is 0.430. The summed E-state index contributed by atoms with van der Waals surface area (Å²) in [4.78, 5) is 1.36. The second-order valence-corrected chi connectivity index (χ2v) is 8.10. The molecule has 1 unspecified atom stereocenters. The van der Waals surface area contributed by atoms with Crippen molar-refractivity contribution in [2.75, 3.05) is 19.3 Å². The first-order valence-corrected chi connectivity index (χ1v) is 9.51. The molecule has 2 N–H and O–H groups in total. The Balaban J connectivity index is 0.00000220. The fourth-order valence-electron chi connectivity index (χ4n) is 2.55. The first kappa shape index (κ1) is 18.8. The maximum Gasteiger partial charge on any atom is 0.243 e. The second kappa shape index (κ2) is 7.83. The van der Waals surface area contributed by atoms with Crippen LogP contribution in [0, 0.1) is 5.92 Å². The van der Waals surface area contributed by atoms with Gasteiger partial charge in [0.2, 0.25) is 10.0 Å². The number of hydrogen-bond donors (Lipinski definition) is 1. The minimum atomic E-state index is -3.36. The van der Waals surface area contributed by atoms with Crippen LogP contribution in [0.15, 0.2) is 34.1 Å². The molecule has 7 heteroatoms. The van der Waals surface area contributed by atoms with Crippen LogP contribution in [0.4, 0.5) is 0 Å². The summed E-state index contributed by atoms with van der Waals surface area (Å²) in [5.41, 5.74) is 5.90. The third-order valence-corrected chi connectivity index (χ3v) is 6.54. The monoisotopic (exact) mass is 350 g/mol. The minimum Gasteiger partial charge on any atom is -0.328 e. The lowest BCUT2D eigenvalue weighted by Crippen LogP contribution is -2.42. The van der Waals surface area contributed by atoms with E-state index in [0.717, 1.165) is 17.7 Å². The van der Waals surface area contributed by atoms with Gasteiger partial charge in [-0.25, -0.2) is 8.42 Å². The molecule has 1 aromatic carbocycles. The summed E-state index contributed by atoms with van der Waals surface area (Å²) in [6.07, 6.45) is 3.64. The normalized spacial score (nSPS) is 19.0. The molecule has 1 aromatic rings. The lowest BCUT2D eigenvalue weighted by Gasteiger charge is -2.33. The van der Waals surface area contributed by atoms with Crippen LogP contribution in [0.2, 0.25) is 0 Å². The molecule has 0 saturated carbocycles. The van der Waals surface area contributed by atoms with E-state index in [1.54, 1.807) is 34.3 Å². The number of benzene rings is 1. The maximum atomic E-state index is 12.6. The van der Waals surface area contributed by atoms with Crippen LogP contribution < -0.4 is 5.73 Å². The average Bonchev–Trinajstić information content (AvgIpc) is 2.47. The van der Waals surface area contributed by atoms with E-state index >= 15 is 0 Å². The molecule has 120 valence electrons. The molecule has 1 atom stereocenters. The lowest BCUT2D eigenvalue weighted by atomic mass is 9.92. The number of piperidine rings is 1. The average molecular weight is 351 g/mol. The lowest BCUT2D eigenvalue weighted by molar-refractivity contribution is 0.250. The van der Waals surface area contributed by atoms with Crippen LogP contribution in [0.1, 0.15) is 19.8 Å². The van der Waals surface area contributed by atoms with Gasteiger partial charge in [-0.2, -0.15) is 4.31 Å². The van der Waals surface area contributed by atoms with Crippen molar-refractivity contribution in [3.8, 4) is 0 Å². The van der Waals surface area contributed by atoms with Crippen molar-refractivity contribution in [2.45, 2.75) is 35.6 Å². The van der Waals surface area contributed by atoms with Gasteiger partial charge in [0.15, 0.2) is 0 Å². The Kier molecular flexibility index (Phi) is 7.00. The van der Waals surface area contributed by atoms with Crippen molar-refractivity contribution < 1.29 is 8.42 Å². The molecule has 1 saturated heterocycles. The summed E-state index contributed by atoms with van der Waals surface area (Å²) in [5, 5.41) is 0. The topological polar surface area (TPSA) is 63.4 Å². The summed E-state index contributed by atoms with van der Waals surface area (Å²) >= 11 is 1.55. The van der Waals surface area contributed by atoms with Gasteiger partial charge in [-0.15, -0.1) is 24.2 Å². The molecule has 1 aliphatic heterocycles. The number of hydrogen-bond acceptors (Lipinski definition) is 4. The van der Waals surface area contributed by atoms with Crippen LogP contribution in [0.3, 0.4) is 0 Å². The number of thioether (sulfide) groups is 1. The van der Waals surface area contributed by atoms with Crippen molar-refractivity contribution >= 4 is 34.2 Å². The van der Waals surface area contributed by atoms with E-state index in [-0.39, 0.29) is 18.4 Å². The third-order valence-electron chi connectivity index (χ3n) is 3.92. The molecule has 1 aliphatic rings. The predicted octanol–water partition coefficient (Wildman–Crippen LogP) is 2.58. The standard InChI is InChI=1S/C14H22N2O2S2.ClH/c1-11(15)12-6-8-16(9-7-12)20(17,18)14-5-3-4-13(10-14)19-2;/h3-5,10-12H,6-9,15H2,1-2H3;1H. The fraction of sp³-hybridized carbons (Fsp3) is 0.571. The van der Waals surface area contributed by atoms with Gasteiger partial charge in [-0.1, -0.05) is 6.07 Å². The van der Waals surface area contributed by atoms with Gasteiger partial charge in [-0.3, -0.25) is 0 Å². The van der Waals surface area contributed by atoms with Crippen molar-refractivity contribution in [1.29, 1.82) is 0 Å². The number of nitrogens with zero attached hydrogens (tertiary/aromatic N) is 1. The molecular formula is C14H23ClN2O2S2. The molecule has 4 nitrogen and oxygen atoms in total. The SMILES string of the molecule is CSc1cccc(S(=O)(=O)N2CCC(C(C)N)CC2)c1.Cl. The van der Waals surface area contributed by atoms with E-state index in [1.165, 1.54) is 0 Å². The zero-order valence-electron chi connectivity index (χ0n) is 12.4. The summed E-state index contributed by atoms with van der Waals surface area (Å²) in [7, 11) is -3.36. The first-order chi connectivity index (χ1) is 9.45. The maximum absolute atomic E-state index is 12.6. The first-order valence-electron chi connectivity index (χ1n) is 6.85. The fourth-order valence-corrected chi connectivity index (χ4v) is 4.60. The molecule has 0 amide bonds. The van der Waals surface area contributed by atoms with E-state index in [9.17, 15) is 8.42 Å². The van der Waals surface area contributed by atoms with Crippen LogP contribution in [0.5, 0.6) is 0 Å². The van der Waals surface area contributed by atoms with Crippen molar-refractivity contribution in [3.05, 3.63) is 24.3 Å². The Morgan fingerprint density at radius 3 is 2.48 bits per heavy atom. The Hall–Kier alpha value is -0.270. The number of sulfonamides is 1. The third kappa shape index (κ3) is 4.36. The predicted molar refractivity (Wildman–Crippen MR) is 90.6 cm³/mol. The molecule has 21 heavy (non-hydrogen) atoms. The highest BCUT2D eigenvalue weighted by Gasteiger charge is 2.30. The molecule has 0 aliphatic carbocycles. The second-order valence-electron chi connectivity index (χ2n) is 5.28. The van der Waals surface area contributed by atoms with Crippen LogP contribution in [-0.4, -0.2) is 38.1 Å². The summed E-state index contributed by atoms with van der Waals surface area (Å²) in [6.45, 7) is 3.13.